The zero-order chi connectivity index (χ0) is 16.3. The second-order valence-electron chi connectivity index (χ2n) is 6.82. The first kappa shape index (κ1) is 18.1. The maximum atomic E-state index is 12.0. The Bertz CT molecular complexity index is 371. The zero-order valence-electron chi connectivity index (χ0n) is 14.8. The number of hydrogen-bond acceptors (Lipinski definition) is 2. The fraction of sp³-hybridized carbons (Fsp3) is 0.889. The molecule has 5 heteroatoms. The number of rotatable bonds is 8. The molecule has 0 radical (unpaired) electrons. The highest BCUT2D eigenvalue weighted by Crippen LogP contribution is 2.28. The number of nitrogens with one attached hydrogen (secondary N) is 2. The molecule has 0 bridgehead atoms. The molecule has 1 saturated carbocycles. The van der Waals surface area contributed by atoms with Gasteiger partial charge in [-0.25, -0.2) is 0 Å². The summed E-state index contributed by atoms with van der Waals surface area (Å²) in [5.41, 5.74) is 0. The van der Waals surface area contributed by atoms with Gasteiger partial charge >= 0.3 is 0 Å². The third-order valence-electron chi connectivity index (χ3n) is 4.95. The summed E-state index contributed by atoms with van der Waals surface area (Å²) in [5, 5.41) is 6.56. The minimum atomic E-state index is 0.270. The number of carbonyl (C=O) groups excluding carboxylic acids is 1. The standard InChI is InChI=1S/C18H34N4O/c1-2-19-18(20-12-7-10-16-8-3-4-9-16)21-13-11-17(23)22-14-5-6-15-22/h16H,2-15H2,1H3,(H2,19,20,21). The second kappa shape index (κ2) is 10.5. The summed E-state index contributed by atoms with van der Waals surface area (Å²) in [6.07, 6.45) is 11.0. The molecular weight excluding hydrogens is 288 g/mol. The first-order valence-corrected chi connectivity index (χ1v) is 9.59. The predicted molar refractivity (Wildman–Crippen MR) is 95.6 cm³/mol. The van der Waals surface area contributed by atoms with E-state index in [1.807, 2.05) is 4.90 Å². The van der Waals surface area contributed by atoms with Crippen molar-refractivity contribution in [2.24, 2.45) is 10.9 Å². The van der Waals surface area contributed by atoms with Crippen molar-refractivity contribution in [3.8, 4) is 0 Å². The van der Waals surface area contributed by atoms with E-state index in [1.165, 1.54) is 38.5 Å². The fourth-order valence-electron chi connectivity index (χ4n) is 3.62. The highest BCUT2D eigenvalue weighted by Gasteiger charge is 2.17. The molecule has 5 nitrogen and oxygen atoms in total. The van der Waals surface area contributed by atoms with Gasteiger partial charge in [-0.1, -0.05) is 25.7 Å². The maximum Gasteiger partial charge on any atom is 0.224 e. The fourth-order valence-corrected chi connectivity index (χ4v) is 3.62. The molecule has 1 amide bonds. The van der Waals surface area contributed by atoms with Crippen LogP contribution in [0.3, 0.4) is 0 Å². The minimum absolute atomic E-state index is 0.270. The first-order valence-electron chi connectivity index (χ1n) is 9.59. The summed E-state index contributed by atoms with van der Waals surface area (Å²) in [7, 11) is 0. The van der Waals surface area contributed by atoms with Crippen molar-refractivity contribution >= 4 is 11.9 Å². The first-order chi connectivity index (χ1) is 11.3. The van der Waals surface area contributed by atoms with Crippen LogP contribution < -0.4 is 10.6 Å². The van der Waals surface area contributed by atoms with E-state index >= 15 is 0 Å². The molecule has 2 rings (SSSR count). The lowest BCUT2D eigenvalue weighted by Gasteiger charge is -2.16. The molecule has 0 aromatic rings. The van der Waals surface area contributed by atoms with Gasteiger partial charge in [0.15, 0.2) is 5.96 Å². The average Bonchev–Trinajstić information content (AvgIpc) is 3.24. The largest absolute Gasteiger partial charge is 0.357 e. The number of likely N-dealkylation sites (tertiary alicyclic amines) is 1. The van der Waals surface area contributed by atoms with Gasteiger partial charge in [-0.2, -0.15) is 0 Å². The average molecular weight is 322 g/mol. The van der Waals surface area contributed by atoms with Gasteiger partial charge in [0.2, 0.25) is 5.91 Å². The van der Waals surface area contributed by atoms with Crippen molar-refractivity contribution in [2.45, 2.75) is 64.7 Å². The molecule has 0 unspecified atom stereocenters. The Morgan fingerprint density at radius 1 is 1.13 bits per heavy atom. The topological polar surface area (TPSA) is 56.7 Å². The Kier molecular flexibility index (Phi) is 8.26. The zero-order valence-corrected chi connectivity index (χ0v) is 14.8. The third-order valence-corrected chi connectivity index (χ3v) is 4.95. The lowest BCUT2D eigenvalue weighted by molar-refractivity contribution is -0.129. The van der Waals surface area contributed by atoms with Crippen LogP contribution in [0.2, 0.25) is 0 Å². The number of aliphatic imine (C=N–C) groups is 1. The summed E-state index contributed by atoms with van der Waals surface area (Å²) in [4.78, 5) is 18.6. The molecule has 1 aliphatic carbocycles. The molecule has 2 N–H and O–H groups in total. The van der Waals surface area contributed by atoms with Gasteiger partial charge in [0.05, 0.1) is 0 Å². The van der Waals surface area contributed by atoms with Crippen LogP contribution in [0.5, 0.6) is 0 Å². The molecule has 2 aliphatic rings. The van der Waals surface area contributed by atoms with Gasteiger partial charge in [0, 0.05) is 39.1 Å². The van der Waals surface area contributed by atoms with Crippen molar-refractivity contribution in [3.05, 3.63) is 0 Å². The van der Waals surface area contributed by atoms with E-state index in [2.05, 4.69) is 22.5 Å². The Hall–Kier alpha value is -1.26. The van der Waals surface area contributed by atoms with E-state index in [4.69, 9.17) is 0 Å². The smallest absolute Gasteiger partial charge is 0.224 e. The second-order valence-corrected chi connectivity index (χ2v) is 6.82. The maximum absolute atomic E-state index is 12.0. The summed E-state index contributed by atoms with van der Waals surface area (Å²) in [6, 6.07) is 0. The van der Waals surface area contributed by atoms with Gasteiger partial charge in [-0.3, -0.25) is 9.79 Å². The van der Waals surface area contributed by atoms with E-state index in [0.717, 1.165) is 50.9 Å². The van der Waals surface area contributed by atoms with Gasteiger partial charge in [-0.15, -0.1) is 0 Å². The summed E-state index contributed by atoms with van der Waals surface area (Å²) in [6.45, 7) is 6.36. The van der Waals surface area contributed by atoms with Crippen LogP contribution in [-0.4, -0.2) is 49.5 Å². The quantitative estimate of drug-likeness (QED) is 0.410. The number of hydrogen-bond donors (Lipinski definition) is 2. The van der Waals surface area contributed by atoms with Crippen LogP contribution in [-0.2, 0) is 4.79 Å². The van der Waals surface area contributed by atoms with Crippen LogP contribution in [0.1, 0.15) is 64.7 Å². The normalized spacial score (nSPS) is 19.3. The minimum Gasteiger partial charge on any atom is -0.357 e. The molecule has 2 fully saturated rings. The third kappa shape index (κ3) is 6.80. The Morgan fingerprint density at radius 3 is 2.57 bits per heavy atom. The van der Waals surface area contributed by atoms with Gasteiger partial charge < -0.3 is 15.5 Å². The number of carbonyl (C=O) groups is 1. The number of guanidine groups is 1. The van der Waals surface area contributed by atoms with Crippen molar-refractivity contribution in [2.75, 3.05) is 32.7 Å². The van der Waals surface area contributed by atoms with E-state index in [9.17, 15) is 4.79 Å². The SMILES string of the molecule is CCNC(=NCCCC1CCCC1)NCCC(=O)N1CCCC1. The van der Waals surface area contributed by atoms with Crippen LogP contribution in [0.25, 0.3) is 0 Å². The summed E-state index contributed by atoms with van der Waals surface area (Å²) < 4.78 is 0. The number of amides is 1. The molecular formula is C18H34N4O. The lowest BCUT2D eigenvalue weighted by atomic mass is 10.0. The molecule has 0 spiro atoms. The summed E-state index contributed by atoms with van der Waals surface area (Å²) in [5.74, 6) is 2.07. The van der Waals surface area contributed by atoms with Crippen molar-refractivity contribution < 1.29 is 4.79 Å². The molecule has 1 aliphatic heterocycles. The number of nitrogens with zero attached hydrogens (tertiary/aromatic N) is 2. The molecule has 132 valence electrons. The molecule has 0 atom stereocenters. The van der Waals surface area contributed by atoms with Gasteiger partial charge in [0.1, 0.15) is 0 Å². The monoisotopic (exact) mass is 322 g/mol. The molecule has 0 aromatic heterocycles. The Labute approximate surface area is 141 Å². The van der Waals surface area contributed by atoms with E-state index in [-0.39, 0.29) is 5.91 Å². The Morgan fingerprint density at radius 2 is 1.87 bits per heavy atom. The summed E-state index contributed by atoms with van der Waals surface area (Å²) >= 11 is 0. The predicted octanol–water partition coefficient (Wildman–Crippen LogP) is 2.52. The van der Waals surface area contributed by atoms with Crippen LogP contribution in [0.4, 0.5) is 0 Å². The van der Waals surface area contributed by atoms with Crippen molar-refractivity contribution in [1.82, 2.24) is 15.5 Å². The highest BCUT2D eigenvalue weighted by molar-refractivity contribution is 5.81. The van der Waals surface area contributed by atoms with Gasteiger partial charge in [-0.05, 0) is 38.5 Å². The Balaban J connectivity index is 1.61. The molecule has 1 heterocycles. The van der Waals surface area contributed by atoms with E-state index in [1.54, 1.807) is 0 Å². The molecule has 1 saturated heterocycles. The van der Waals surface area contributed by atoms with Crippen LogP contribution in [0.15, 0.2) is 4.99 Å². The van der Waals surface area contributed by atoms with E-state index in [0.29, 0.717) is 13.0 Å². The van der Waals surface area contributed by atoms with Crippen LogP contribution >= 0.6 is 0 Å². The van der Waals surface area contributed by atoms with Gasteiger partial charge in [0.25, 0.3) is 0 Å². The van der Waals surface area contributed by atoms with Crippen LogP contribution in [0, 0.1) is 5.92 Å². The van der Waals surface area contributed by atoms with Crippen molar-refractivity contribution in [1.29, 1.82) is 0 Å². The van der Waals surface area contributed by atoms with Crippen molar-refractivity contribution in [3.63, 3.8) is 0 Å². The van der Waals surface area contributed by atoms with E-state index < -0.39 is 0 Å². The molecule has 0 aromatic carbocycles. The molecule has 23 heavy (non-hydrogen) atoms. The highest BCUT2D eigenvalue weighted by atomic mass is 16.2. The lowest BCUT2D eigenvalue weighted by Crippen LogP contribution is -2.39.